The van der Waals surface area contributed by atoms with Gasteiger partial charge in [0.25, 0.3) is 0 Å². The maximum Gasteiger partial charge on any atom is 0.227 e. The molecule has 1 saturated carbocycles. The molecule has 158 valence electrons. The zero-order valence-corrected chi connectivity index (χ0v) is 17.7. The van der Waals surface area contributed by atoms with Crippen molar-refractivity contribution in [3.8, 4) is 22.8 Å². The van der Waals surface area contributed by atoms with Crippen LogP contribution in [0, 0.1) is 0 Å². The maximum absolute atomic E-state index is 10.2. The fourth-order valence-corrected chi connectivity index (χ4v) is 4.79. The SMILES string of the molecule is Nc1ccc(-c2cccnc2Oc2ccc3nc(N[C@@H]4CCCC[C@H]4O)sc3c2)cn1. The largest absolute Gasteiger partial charge is 0.438 e. The zero-order valence-electron chi connectivity index (χ0n) is 16.9. The van der Waals surface area contributed by atoms with Crippen molar-refractivity contribution < 1.29 is 9.84 Å². The molecular weight excluding hydrogens is 410 g/mol. The van der Waals surface area contributed by atoms with E-state index in [4.69, 9.17) is 10.5 Å². The van der Waals surface area contributed by atoms with E-state index >= 15 is 0 Å². The summed E-state index contributed by atoms with van der Waals surface area (Å²) >= 11 is 1.56. The molecule has 1 aliphatic carbocycles. The first-order valence-corrected chi connectivity index (χ1v) is 11.2. The van der Waals surface area contributed by atoms with Gasteiger partial charge >= 0.3 is 0 Å². The predicted octanol–water partition coefficient (Wildman–Crippen LogP) is 4.84. The fraction of sp³-hybridized carbons (Fsp3) is 0.261. The minimum Gasteiger partial charge on any atom is -0.438 e. The van der Waals surface area contributed by atoms with Crippen LogP contribution in [0.1, 0.15) is 25.7 Å². The molecule has 1 fully saturated rings. The lowest BCUT2D eigenvalue weighted by molar-refractivity contribution is 0.116. The van der Waals surface area contributed by atoms with Crippen molar-refractivity contribution in [1.82, 2.24) is 15.0 Å². The number of aliphatic hydroxyl groups excluding tert-OH is 1. The van der Waals surface area contributed by atoms with Crippen LogP contribution in [0.25, 0.3) is 21.3 Å². The van der Waals surface area contributed by atoms with Crippen LogP contribution in [0.2, 0.25) is 0 Å². The predicted molar refractivity (Wildman–Crippen MR) is 123 cm³/mol. The number of benzene rings is 1. The molecule has 0 unspecified atom stereocenters. The molecule has 1 aliphatic rings. The molecule has 4 N–H and O–H groups in total. The van der Waals surface area contributed by atoms with E-state index in [9.17, 15) is 5.11 Å². The molecule has 1 aromatic carbocycles. The first-order chi connectivity index (χ1) is 15.2. The van der Waals surface area contributed by atoms with Crippen LogP contribution in [-0.4, -0.2) is 32.2 Å². The highest BCUT2D eigenvalue weighted by atomic mass is 32.1. The van der Waals surface area contributed by atoms with Crippen LogP contribution >= 0.6 is 11.3 Å². The lowest BCUT2D eigenvalue weighted by atomic mass is 9.93. The quantitative estimate of drug-likeness (QED) is 0.413. The molecule has 3 heterocycles. The normalized spacial score (nSPS) is 18.7. The third kappa shape index (κ3) is 4.30. The van der Waals surface area contributed by atoms with Crippen LogP contribution in [0.15, 0.2) is 54.9 Å². The number of anilines is 2. The summed E-state index contributed by atoms with van der Waals surface area (Å²) in [6, 6.07) is 13.3. The van der Waals surface area contributed by atoms with Gasteiger partial charge in [0.15, 0.2) is 5.13 Å². The Morgan fingerprint density at radius 2 is 2.00 bits per heavy atom. The average molecular weight is 434 g/mol. The fourth-order valence-electron chi connectivity index (χ4n) is 3.84. The van der Waals surface area contributed by atoms with Crippen LogP contribution < -0.4 is 15.8 Å². The van der Waals surface area contributed by atoms with Crippen LogP contribution in [0.3, 0.4) is 0 Å². The number of hydrogen-bond donors (Lipinski definition) is 3. The molecule has 0 amide bonds. The van der Waals surface area contributed by atoms with Crippen LogP contribution in [0.4, 0.5) is 10.9 Å². The molecule has 0 bridgehead atoms. The summed E-state index contributed by atoms with van der Waals surface area (Å²) in [5.74, 6) is 1.65. The highest BCUT2D eigenvalue weighted by Crippen LogP contribution is 2.35. The summed E-state index contributed by atoms with van der Waals surface area (Å²) < 4.78 is 7.14. The second-order valence-electron chi connectivity index (χ2n) is 7.68. The lowest BCUT2D eigenvalue weighted by Crippen LogP contribution is -2.36. The third-order valence-electron chi connectivity index (χ3n) is 5.48. The number of thiazole rings is 1. The van der Waals surface area contributed by atoms with Gasteiger partial charge < -0.3 is 20.9 Å². The summed E-state index contributed by atoms with van der Waals surface area (Å²) in [5.41, 5.74) is 8.33. The average Bonchev–Trinajstić information content (AvgIpc) is 3.18. The van der Waals surface area contributed by atoms with Gasteiger partial charge in [0, 0.05) is 29.6 Å². The Bertz CT molecular complexity index is 1190. The van der Waals surface area contributed by atoms with E-state index in [-0.39, 0.29) is 12.1 Å². The Morgan fingerprint density at radius 1 is 1.10 bits per heavy atom. The lowest BCUT2D eigenvalue weighted by Gasteiger charge is -2.27. The van der Waals surface area contributed by atoms with Crippen molar-refractivity contribution in [3.63, 3.8) is 0 Å². The second-order valence-corrected chi connectivity index (χ2v) is 8.71. The highest BCUT2D eigenvalue weighted by molar-refractivity contribution is 7.22. The van der Waals surface area contributed by atoms with Gasteiger partial charge in [-0.1, -0.05) is 24.2 Å². The van der Waals surface area contributed by atoms with Crippen molar-refractivity contribution in [2.75, 3.05) is 11.1 Å². The molecular formula is C23H23N5O2S. The van der Waals surface area contributed by atoms with Crippen molar-refractivity contribution in [1.29, 1.82) is 0 Å². The molecule has 2 atom stereocenters. The second kappa shape index (κ2) is 8.49. The number of aliphatic hydroxyl groups is 1. The number of ether oxygens (including phenoxy) is 1. The van der Waals surface area contributed by atoms with Crippen LogP contribution in [0.5, 0.6) is 11.6 Å². The molecule has 4 aromatic rings. The number of nitrogens with zero attached hydrogens (tertiary/aromatic N) is 3. The number of nitrogens with one attached hydrogen (secondary N) is 1. The minimum absolute atomic E-state index is 0.0645. The standard InChI is InChI=1S/C23H23N5O2S/c24-21-10-7-14(13-26-21)16-4-3-11-25-22(16)30-15-8-9-18-20(12-15)31-23(28-18)27-17-5-1-2-6-19(17)29/h3-4,7-13,17,19,29H,1-2,5-6H2,(H2,24,26)(H,27,28)/t17-,19-/m1/s1. The number of nitrogen functional groups attached to an aromatic ring is 1. The number of aromatic nitrogens is 3. The van der Waals surface area contributed by atoms with Crippen molar-refractivity contribution in [2.45, 2.75) is 37.8 Å². The van der Waals surface area contributed by atoms with E-state index in [2.05, 4.69) is 20.3 Å². The van der Waals surface area contributed by atoms with E-state index in [1.165, 1.54) is 0 Å². The zero-order chi connectivity index (χ0) is 21.2. The minimum atomic E-state index is -0.315. The number of fused-ring (bicyclic) bond motifs is 1. The Hall–Kier alpha value is -3.23. The number of hydrogen-bond acceptors (Lipinski definition) is 8. The first kappa shape index (κ1) is 19.7. The van der Waals surface area contributed by atoms with Gasteiger partial charge in [0.2, 0.25) is 5.88 Å². The van der Waals surface area contributed by atoms with Gasteiger partial charge in [0.05, 0.1) is 22.4 Å². The third-order valence-corrected chi connectivity index (χ3v) is 6.43. The molecule has 7 nitrogen and oxygen atoms in total. The van der Waals surface area contributed by atoms with Crippen molar-refractivity contribution in [3.05, 3.63) is 54.9 Å². The number of pyridine rings is 2. The van der Waals surface area contributed by atoms with E-state index in [1.54, 1.807) is 29.8 Å². The molecule has 8 heteroatoms. The molecule has 0 aliphatic heterocycles. The molecule has 5 rings (SSSR count). The Labute approximate surface area is 184 Å². The maximum atomic E-state index is 10.2. The van der Waals surface area contributed by atoms with E-state index < -0.39 is 0 Å². The Kier molecular flexibility index (Phi) is 5.40. The number of nitrogens with two attached hydrogens (primary N) is 1. The topological polar surface area (TPSA) is 106 Å². The van der Waals surface area contributed by atoms with Gasteiger partial charge in [-0.15, -0.1) is 0 Å². The van der Waals surface area contributed by atoms with E-state index in [1.807, 2.05) is 36.4 Å². The van der Waals surface area contributed by atoms with E-state index in [0.29, 0.717) is 17.4 Å². The smallest absolute Gasteiger partial charge is 0.227 e. The summed E-state index contributed by atoms with van der Waals surface area (Å²) in [4.78, 5) is 13.2. The first-order valence-electron chi connectivity index (χ1n) is 10.4. The Morgan fingerprint density at radius 3 is 2.84 bits per heavy atom. The van der Waals surface area contributed by atoms with Crippen LogP contribution in [-0.2, 0) is 0 Å². The van der Waals surface area contributed by atoms with Gasteiger partial charge in [-0.05, 0) is 49.2 Å². The van der Waals surface area contributed by atoms with Crippen molar-refractivity contribution >= 4 is 32.5 Å². The van der Waals surface area contributed by atoms with E-state index in [0.717, 1.165) is 52.2 Å². The summed E-state index contributed by atoms with van der Waals surface area (Å²) in [5, 5.41) is 14.5. The molecule has 3 aromatic heterocycles. The number of rotatable bonds is 5. The summed E-state index contributed by atoms with van der Waals surface area (Å²) in [6.07, 6.45) is 7.13. The van der Waals surface area contributed by atoms with Gasteiger partial charge in [0.1, 0.15) is 11.6 Å². The van der Waals surface area contributed by atoms with Gasteiger partial charge in [-0.2, -0.15) is 0 Å². The summed E-state index contributed by atoms with van der Waals surface area (Å²) in [6.45, 7) is 0. The molecule has 0 radical (unpaired) electrons. The highest BCUT2D eigenvalue weighted by Gasteiger charge is 2.23. The van der Waals surface area contributed by atoms with Crippen molar-refractivity contribution in [2.24, 2.45) is 0 Å². The molecule has 0 saturated heterocycles. The van der Waals surface area contributed by atoms with Gasteiger partial charge in [-0.3, -0.25) is 0 Å². The molecule has 31 heavy (non-hydrogen) atoms. The summed E-state index contributed by atoms with van der Waals surface area (Å²) in [7, 11) is 0. The Balaban J connectivity index is 1.38. The molecule has 0 spiro atoms. The monoisotopic (exact) mass is 433 g/mol. The van der Waals surface area contributed by atoms with Gasteiger partial charge in [-0.25, -0.2) is 15.0 Å².